The Morgan fingerprint density at radius 3 is 2.50 bits per heavy atom. The lowest BCUT2D eigenvalue weighted by Crippen LogP contribution is -2.40. The fourth-order valence-electron chi connectivity index (χ4n) is 6.35. The number of benzene rings is 1. The van der Waals surface area contributed by atoms with Crippen LogP contribution in [0.15, 0.2) is 42.6 Å². The number of β-amino-alcohol motifs (C(OH)–C–C–N with tert-alkyl or cyclic N) is 1. The first-order chi connectivity index (χ1) is 20.9. The second-order valence-corrected chi connectivity index (χ2v) is 13.5. The summed E-state index contributed by atoms with van der Waals surface area (Å²) in [6, 6.07) is 8.36. The Bertz CT molecular complexity index is 1820. The minimum absolute atomic E-state index is 0.0662. The molecule has 4 aromatic rings. The molecule has 0 radical (unpaired) electrons. The van der Waals surface area contributed by atoms with Gasteiger partial charge in [-0.1, -0.05) is 24.8 Å². The van der Waals surface area contributed by atoms with Crippen LogP contribution in [0.3, 0.4) is 0 Å². The summed E-state index contributed by atoms with van der Waals surface area (Å²) in [7, 11) is -3.49. The summed E-state index contributed by atoms with van der Waals surface area (Å²) in [6.45, 7) is 9.69. The maximum absolute atomic E-state index is 13.2. The van der Waals surface area contributed by atoms with Gasteiger partial charge in [0.15, 0.2) is 0 Å². The third kappa shape index (κ3) is 6.10. The topological polar surface area (TPSA) is 112 Å². The monoisotopic (exact) mass is 627 g/mol. The van der Waals surface area contributed by atoms with Crippen LogP contribution >= 0.6 is 0 Å². The number of aromatic amines is 1. The highest BCUT2D eigenvalue weighted by atomic mass is 32.2. The fourth-order valence-corrected chi connectivity index (χ4v) is 7.13. The number of likely N-dealkylation sites (tertiary alicyclic amines) is 1. The number of aliphatic hydroxyl groups is 1. The number of pyridine rings is 1. The summed E-state index contributed by atoms with van der Waals surface area (Å²) in [5, 5.41) is 16.8. The van der Waals surface area contributed by atoms with Crippen LogP contribution in [0.5, 0.6) is 0 Å². The van der Waals surface area contributed by atoms with Crippen LogP contribution in [0.25, 0.3) is 27.1 Å². The Kier molecular flexibility index (Phi) is 8.00. The molecule has 0 spiro atoms. The van der Waals surface area contributed by atoms with Crippen molar-refractivity contribution in [3.05, 3.63) is 76.4 Å². The number of rotatable bonds is 7. The molecule has 14 heteroatoms. The van der Waals surface area contributed by atoms with Gasteiger partial charge in [0, 0.05) is 54.5 Å². The lowest BCUT2D eigenvalue weighted by molar-refractivity contribution is -0.137. The quantitative estimate of drug-likeness (QED) is 0.291. The van der Waals surface area contributed by atoms with E-state index in [-0.39, 0.29) is 19.6 Å². The van der Waals surface area contributed by atoms with Crippen LogP contribution in [0.1, 0.15) is 41.1 Å². The number of aliphatic hydroxyl groups excluding tert-OH is 1. The van der Waals surface area contributed by atoms with Gasteiger partial charge in [-0.2, -0.15) is 22.6 Å². The molecule has 5 heterocycles. The number of halogens is 3. The predicted molar refractivity (Wildman–Crippen MR) is 158 cm³/mol. The Morgan fingerprint density at radius 1 is 1.11 bits per heavy atom. The number of nitrogens with zero attached hydrogens (tertiary/aromatic N) is 6. The number of sulfonamides is 1. The molecule has 10 nitrogen and oxygen atoms in total. The van der Waals surface area contributed by atoms with Gasteiger partial charge in [0.2, 0.25) is 15.7 Å². The summed E-state index contributed by atoms with van der Waals surface area (Å²) in [4.78, 5) is 13.1. The average molecular weight is 628 g/mol. The molecule has 44 heavy (non-hydrogen) atoms. The van der Waals surface area contributed by atoms with Gasteiger partial charge in [0.05, 0.1) is 30.2 Å². The Hall–Kier alpha value is -3.77. The number of alkyl halides is 3. The molecule has 6 rings (SSSR count). The van der Waals surface area contributed by atoms with E-state index >= 15 is 0 Å². The van der Waals surface area contributed by atoms with Crippen molar-refractivity contribution in [3.63, 3.8) is 0 Å². The molecular formula is C30H32F3N7O3S. The van der Waals surface area contributed by atoms with Gasteiger partial charge in [-0.3, -0.25) is 4.68 Å². The van der Waals surface area contributed by atoms with Crippen molar-refractivity contribution < 1.29 is 26.7 Å². The van der Waals surface area contributed by atoms with Gasteiger partial charge in [-0.15, -0.1) is 4.98 Å². The van der Waals surface area contributed by atoms with Gasteiger partial charge in [0.25, 0.3) is 5.82 Å². The Balaban J connectivity index is 1.15. The third-order valence-corrected chi connectivity index (χ3v) is 9.85. The van der Waals surface area contributed by atoms with E-state index in [2.05, 4.69) is 19.7 Å². The number of piperidine rings is 1. The molecule has 2 aliphatic heterocycles. The minimum atomic E-state index is -4.47. The predicted octanol–water partition coefficient (Wildman–Crippen LogP) is 4.55. The standard InChI is InChI=1S/C30H32F3N7O3S/c1-34-27-8-7-23-24(15-35-29(23)36-27)19-9-12-38(13-10-19)16-22(41)17-40-26-11-14-39(44(2,42)43)18-25(26)28(37-40)20-3-5-21(6-4-20)30(31,32)33/h3-8,15,19,22,41H,9-14,16-18H2,2H3,(H,35,36). The summed E-state index contributed by atoms with van der Waals surface area (Å²) in [5.74, 6) is 0.687. The smallest absolute Gasteiger partial charge is 0.390 e. The van der Waals surface area contributed by atoms with Crippen molar-refractivity contribution in [1.29, 1.82) is 0 Å². The highest BCUT2D eigenvalue weighted by molar-refractivity contribution is 7.88. The van der Waals surface area contributed by atoms with E-state index in [0.717, 1.165) is 55.4 Å². The maximum Gasteiger partial charge on any atom is 0.416 e. The lowest BCUT2D eigenvalue weighted by atomic mass is 9.89. The fraction of sp³-hybridized carbons (Fsp3) is 0.433. The van der Waals surface area contributed by atoms with Crippen molar-refractivity contribution in [2.24, 2.45) is 0 Å². The molecule has 1 aromatic carbocycles. The summed E-state index contributed by atoms with van der Waals surface area (Å²) < 4.78 is 67.1. The van der Waals surface area contributed by atoms with Crippen molar-refractivity contribution in [2.75, 3.05) is 32.4 Å². The van der Waals surface area contributed by atoms with Crippen LogP contribution in [-0.4, -0.2) is 81.0 Å². The van der Waals surface area contributed by atoms with Crippen molar-refractivity contribution in [1.82, 2.24) is 29.0 Å². The van der Waals surface area contributed by atoms with E-state index in [1.807, 2.05) is 12.3 Å². The largest absolute Gasteiger partial charge is 0.416 e. The zero-order valence-electron chi connectivity index (χ0n) is 24.0. The van der Waals surface area contributed by atoms with E-state index < -0.39 is 27.9 Å². The Labute approximate surface area is 253 Å². The first-order valence-electron chi connectivity index (χ1n) is 14.4. The number of aromatic nitrogens is 4. The maximum atomic E-state index is 13.2. The molecule has 0 amide bonds. The highest BCUT2D eigenvalue weighted by Crippen LogP contribution is 2.36. The number of H-pyrrole nitrogens is 1. The van der Waals surface area contributed by atoms with Crippen LogP contribution in [0, 0.1) is 6.57 Å². The second kappa shape index (κ2) is 11.6. The van der Waals surface area contributed by atoms with E-state index in [1.165, 1.54) is 22.0 Å². The first-order valence-corrected chi connectivity index (χ1v) is 16.2. The van der Waals surface area contributed by atoms with Gasteiger partial charge >= 0.3 is 6.18 Å². The molecule has 1 unspecified atom stereocenters. The van der Waals surface area contributed by atoms with Gasteiger partial charge in [-0.05, 0) is 55.6 Å². The van der Waals surface area contributed by atoms with Gasteiger partial charge < -0.3 is 19.8 Å². The molecule has 0 aliphatic carbocycles. The van der Waals surface area contributed by atoms with Crippen molar-refractivity contribution in [3.8, 4) is 11.3 Å². The highest BCUT2D eigenvalue weighted by Gasteiger charge is 2.33. The molecule has 2 aliphatic rings. The Morgan fingerprint density at radius 2 is 1.84 bits per heavy atom. The molecule has 0 bridgehead atoms. The number of hydrogen-bond donors (Lipinski definition) is 2. The van der Waals surface area contributed by atoms with Crippen LogP contribution in [0.2, 0.25) is 0 Å². The summed E-state index contributed by atoms with van der Waals surface area (Å²) >= 11 is 0. The van der Waals surface area contributed by atoms with Gasteiger partial charge in [-0.25, -0.2) is 8.42 Å². The van der Waals surface area contributed by atoms with E-state index in [1.54, 1.807) is 10.7 Å². The normalized spacial score (nSPS) is 17.9. The lowest BCUT2D eigenvalue weighted by Gasteiger charge is -2.33. The summed E-state index contributed by atoms with van der Waals surface area (Å²) in [6.07, 6.45) is 0.0632. The van der Waals surface area contributed by atoms with Crippen LogP contribution in [-0.2, 0) is 35.7 Å². The zero-order chi connectivity index (χ0) is 31.2. The van der Waals surface area contributed by atoms with E-state index in [4.69, 9.17) is 11.7 Å². The molecule has 2 N–H and O–H groups in total. The van der Waals surface area contributed by atoms with Crippen molar-refractivity contribution in [2.45, 2.75) is 50.6 Å². The second-order valence-electron chi connectivity index (χ2n) is 11.5. The number of fused-ring (bicyclic) bond motifs is 2. The van der Waals surface area contributed by atoms with Crippen LogP contribution in [0.4, 0.5) is 19.0 Å². The molecule has 3 aromatic heterocycles. The number of hydrogen-bond acceptors (Lipinski definition) is 6. The molecule has 1 saturated heterocycles. The minimum Gasteiger partial charge on any atom is -0.390 e. The van der Waals surface area contributed by atoms with E-state index in [0.29, 0.717) is 47.2 Å². The molecular weight excluding hydrogens is 595 g/mol. The van der Waals surface area contributed by atoms with Crippen LogP contribution < -0.4 is 0 Å². The molecule has 232 valence electrons. The van der Waals surface area contributed by atoms with E-state index in [9.17, 15) is 26.7 Å². The summed E-state index contributed by atoms with van der Waals surface area (Å²) in [5.41, 5.74) is 3.43. The van der Waals surface area contributed by atoms with Crippen molar-refractivity contribution >= 4 is 26.9 Å². The third-order valence-electron chi connectivity index (χ3n) is 8.60. The molecule has 0 saturated carbocycles. The first kappa shape index (κ1) is 30.3. The number of nitrogens with one attached hydrogen (secondary N) is 1. The average Bonchev–Trinajstić information content (AvgIpc) is 3.57. The molecule has 1 fully saturated rings. The SMILES string of the molecule is [C-]#[N+]c1ccc2c(C3CCN(CC(O)Cn4nc(-c5ccc(C(F)(F)F)cc5)c5c4CCN(S(C)(=O)=O)C5)CC3)c[nH]c2n1. The van der Waals surface area contributed by atoms with Gasteiger partial charge in [0.1, 0.15) is 0 Å². The zero-order valence-corrected chi connectivity index (χ0v) is 24.9. The molecule has 1 atom stereocenters.